The molecule has 4 heteroatoms. The van der Waals surface area contributed by atoms with Crippen molar-refractivity contribution >= 4 is 43.6 Å². The van der Waals surface area contributed by atoms with Gasteiger partial charge < -0.3 is 9.13 Å². The summed E-state index contributed by atoms with van der Waals surface area (Å²) >= 11 is 0. The van der Waals surface area contributed by atoms with Crippen LogP contribution in [0.2, 0.25) is 0 Å². The van der Waals surface area contributed by atoms with Crippen LogP contribution in [0.1, 0.15) is 0 Å². The van der Waals surface area contributed by atoms with Gasteiger partial charge in [0.2, 0.25) is 0 Å². The highest BCUT2D eigenvalue weighted by Gasteiger charge is 2.21. The molecule has 3 heterocycles. The van der Waals surface area contributed by atoms with E-state index in [4.69, 9.17) is 9.97 Å². The molecule has 0 fully saturated rings. The zero-order valence-electron chi connectivity index (χ0n) is 30.4. The third-order valence-corrected chi connectivity index (χ3v) is 10.9. The van der Waals surface area contributed by atoms with Crippen LogP contribution in [0.15, 0.2) is 206 Å². The van der Waals surface area contributed by atoms with Crippen molar-refractivity contribution in [3.05, 3.63) is 206 Å². The van der Waals surface area contributed by atoms with E-state index < -0.39 is 0 Å². The van der Waals surface area contributed by atoms with Crippen molar-refractivity contribution in [1.82, 2.24) is 19.1 Å². The molecule has 0 atom stereocenters. The number of aromatic nitrogens is 4. The Labute approximate surface area is 324 Å². The maximum Gasteiger partial charge on any atom is 0.160 e. The molecule has 11 aromatic rings. The van der Waals surface area contributed by atoms with Gasteiger partial charge in [0.25, 0.3) is 0 Å². The maximum absolute atomic E-state index is 5.10. The predicted octanol–water partition coefficient (Wildman–Crippen LogP) is 13.3. The second-order valence-corrected chi connectivity index (χ2v) is 14.2. The Balaban J connectivity index is 1.11. The average Bonchev–Trinajstić information content (AvgIpc) is 3.80. The highest BCUT2D eigenvalue weighted by atomic mass is 15.0. The fraction of sp³-hybridized carbons (Fsp3) is 0. The molecule has 0 aliphatic carbocycles. The van der Waals surface area contributed by atoms with Gasteiger partial charge >= 0.3 is 0 Å². The van der Waals surface area contributed by atoms with Gasteiger partial charge in [-0.2, -0.15) is 0 Å². The third-order valence-electron chi connectivity index (χ3n) is 10.9. The van der Waals surface area contributed by atoms with E-state index in [-0.39, 0.29) is 0 Å². The minimum Gasteiger partial charge on any atom is -0.309 e. The van der Waals surface area contributed by atoms with E-state index in [0.29, 0.717) is 5.82 Å². The minimum atomic E-state index is 0.696. The molecule has 0 radical (unpaired) electrons. The molecular weight excluding hydrogens is 681 g/mol. The monoisotopic (exact) mass is 714 g/mol. The molecule has 0 aliphatic heterocycles. The summed E-state index contributed by atoms with van der Waals surface area (Å²) in [5.74, 6) is 0.696. The quantitative estimate of drug-likeness (QED) is 0.172. The number of benzene rings is 8. The fourth-order valence-corrected chi connectivity index (χ4v) is 8.36. The van der Waals surface area contributed by atoms with Gasteiger partial charge in [0, 0.05) is 49.6 Å². The van der Waals surface area contributed by atoms with Crippen molar-refractivity contribution < 1.29 is 0 Å². The zero-order valence-corrected chi connectivity index (χ0v) is 30.4. The number of hydrogen-bond donors (Lipinski definition) is 0. The summed E-state index contributed by atoms with van der Waals surface area (Å²) in [7, 11) is 0. The highest BCUT2D eigenvalue weighted by Crippen LogP contribution is 2.42. The largest absolute Gasteiger partial charge is 0.309 e. The molecule has 0 unspecified atom stereocenters. The van der Waals surface area contributed by atoms with Crippen LogP contribution in [0.3, 0.4) is 0 Å². The van der Waals surface area contributed by atoms with E-state index in [2.05, 4.69) is 203 Å². The smallest absolute Gasteiger partial charge is 0.160 e. The fourth-order valence-electron chi connectivity index (χ4n) is 8.36. The zero-order chi connectivity index (χ0) is 37.0. The first kappa shape index (κ1) is 31.9. The standard InChI is InChI=1S/C52H34N4/c1-4-15-35(16-5-1)39-21-14-22-41(33-39)55-48-26-13-11-24-44(48)50-49(55)32-31-43-42-23-10-12-25-47(42)56(51(43)50)40-29-27-38(28-30-40)52-53-45(36-17-6-2-7-18-36)34-46(54-52)37-19-8-3-9-20-37/h1-34H. The molecule has 0 amide bonds. The summed E-state index contributed by atoms with van der Waals surface area (Å²) in [4.78, 5) is 10.2. The summed E-state index contributed by atoms with van der Waals surface area (Å²) in [6.45, 7) is 0. The van der Waals surface area contributed by atoms with Gasteiger partial charge in [-0.1, -0.05) is 146 Å². The van der Waals surface area contributed by atoms with Gasteiger partial charge in [-0.05, 0) is 71.8 Å². The Morgan fingerprint density at radius 2 is 0.857 bits per heavy atom. The lowest BCUT2D eigenvalue weighted by atomic mass is 10.1. The van der Waals surface area contributed by atoms with Crippen molar-refractivity contribution in [3.63, 3.8) is 0 Å². The Hall–Kier alpha value is -7.56. The van der Waals surface area contributed by atoms with Gasteiger partial charge in [0.05, 0.1) is 33.5 Å². The lowest BCUT2D eigenvalue weighted by Gasteiger charge is -2.12. The molecule has 4 nitrogen and oxygen atoms in total. The van der Waals surface area contributed by atoms with Crippen molar-refractivity contribution in [2.75, 3.05) is 0 Å². The first-order chi connectivity index (χ1) is 27.8. The van der Waals surface area contributed by atoms with Gasteiger partial charge in [0.1, 0.15) is 0 Å². The summed E-state index contributed by atoms with van der Waals surface area (Å²) in [6.07, 6.45) is 0. The van der Waals surface area contributed by atoms with E-state index in [1.165, 1.54) is 54.7 Å². The molecule has 0 spiro atoms. The van der Waals surface area contributed by atoms with Crippen LogP contribution in [0.4, 0.5) is 0 Å². The number of para-hydroxylation sites is 2. The van der Waals surface area contributed by atoms with Crippen molar-refractivity contribution in [3.8, 4) is 56.4 Å². The van der Waals surface area contributed by atoms with E-state index >= 15 is 0 Å². The van der Waals surface area contributed by atoms with E-state index in [1.807, 2.05) is 12.1 Å². The van der Waals surface area contributed by atoms with E-state index in [1.54, 1.807) is 0 Å². The Bertz CT molecular complexity index is 3160. The normalized spacial score (nSPS) is 11.6. The van der Waals surface area contributed by atoms with E-state index in [9.17, 15) is 0 Å². The minimum absolute atomic E-state index is 0.696. The number of rotatable bonds is 6. The first-order valence-corrected chi connectivity index (χ1v) is 19.0. The molecule has 0 bridgehead atoms. The average molecular weight is 715 g/mol. The molecule has 0 N–H and O–H groups in total. The van der Waals surface area contributed by atoms with Gasteiger partial charge in [-0.15, -0.1) is 0 Å². The van der Waals surface area contributed by atoms with Gasteiger partial charge in [-0.3, -0.25) is 0 Å². The second-order valence-electron chi connectivity index (χ2n) is 14.2. The molecule has 11 rings (SSSR count). The molecule has 3 aromatic heterocycles. The molecule has 0 aliphatic rings. The Morgan fingerprint density at radius 1 is 0.304 bits per heavy atom. The highest BCUT2D eigenvalue weighted by molar-refractivity contribution is 6.26. The molecule has 0 saturated heterocycles. The maximum atomic E-state index is 5.10. The summed E-state index contributed by atoms with van der Waals surface area (Å²) in [5, 5.41) is 4.90. The van der Waals surface area contributed by atoms with Crippen LogP contribution in [-0.4, -0.2) is 19.1 Å². The van der Waals surface area contributed by atoms with E-state index in [0.717, 1.165) is 39.5 Å². The Morgan fingerprint density at radius 3 is 1.52 bits per heavy atom. The first-order valence-electron chi connectivity index (χ1n) is 19.0. The van der Waals surface area contributed by atoms with Crippen LogP contribution in [0, 0.1) is 0 Å². The molecule has 56 heavy (non-hydrogen) atoms. The lowest BCUT2D eigenvalue weighted by Crippen LogP contribution is -1.98. The predicted molar refractivity (Wildman–Crippen MR) is 232 cm³/mol. The third kappa shape index (κ3) is 5.23. The number of hydrogen-bond acceptors (Lipinski definition) is 2. The molecule has 262 valence electrons. The van der Waals surface area contributed by atoms with Crippen molar-refractivity contribution in [2.24, 2.45) is 0 Å². The number of nitrogens with zero attached hydrogens (tertiary/aromatic N) is 4. The summed E-state index contributed by atoms with van der Waals surface area (Å²) in [6, 6.07) is 73.1. The Kier molecular flexibility index (Phi) is 7.46. The molecule has 0 saturated carbocycles. The molecule has 8 aromatic carbocycles. The van der Waals surface area contributed by atoms with Crippen LogP contribution >= 0.6 is 0 Å². The van der Waals surface area contributed by atoms with Crippen LogP contribution < -0.4 is 0 Å². The summed E-state index contributed by atoms with van der Waals surface area (Å²) < 4.78 is 4.85. The van der Waals surface area contributed by atoms with Crippen LogP contribution in [-0.2, 0) is 0 Å². The second kappa shape index (κ2) is 13.1. The van der Waals surface area contributed by atoms with Gasteiger partial charge in [-0.25, -0.2) is 9.97 Å². The topological polar surface area (TPSA) is 35.6 Å². The van der Waals surface area contributed by atoms with Crippen molar-refractivity contribution in [1.29, 1.82) is 0 Å². The summed E-state index contributed by atoms with van der Waals surface area (Å²) in [5.41, 5.74) is 14.2. The number of fused-ring (bicyclic) bond motifs is 7. The van der Waals surface area contributed by atoms with Gasteiger partial charge in [0.15, 0.2) is 5.82 Å². The van der Waals surface area contributed by atoms with Crippen molar-refractivity contribution in [2.45, 2.75) is 0 Å². The lowest BCUT2D eigenvalue weighted by molar-refractivity contribution is 1.16. The SMILES string of the molecule is c1ccc(-c2cccc(-n3c4ccccc4c4c3ccc3c5ccccc5n(-c5ccc(-c6nc(-c7ccccc7)cc(-c7ccccc7)n6)cc5)c34)c2)cc1. The van der Waals surface area contributed by atoms with Crippen LogP contribution in [0.5, 0.6) is 0 Å². The molecular formula is C52H34N4. The van der Waals surface area contributed by atoms with Crippen LogP contribution in [0.25, 0.3) is 100 Å².